The largest absolute Gasteiger partial charge is 0.379 e. The van der Waals surface area contributed by atoms with Gasteiger partial charge in [-0.2, -0.15) is 0 Å². The quantitative estimate of drug-likeness (QED) is 0.787. The minimum absolute atomic E-state index is 0.0127. The van der Waals surface area contributed by atoms with Gasteiger partial charge in [0.2, 0.25) is 15.9 Å². The van der Waals surface area contributed by atoms with Crippen LogP contribution < -0.4 is 9.62 Å². The van der Waals surface area contributed by atoms with E-state index in [1.807, 2.05) is 6.92 Å². The third kappa shape index (κ3) is 4.87. The summed E-state index contributed by atoms with van der Waals surface area (Å²) < 4.78 is 34.0. The minimum Gasteiger partial charge on any atom is -0.379 e. The maximum Gasteiger partial charge on any atom is 0.240 e. The van der Waals surface area contributed by atoms with Gasteiger partial charge in [0.05, 0.1) is 18.1 Å². The second-order valence-corrected chi connectivity index (χ2v) is 8.92. The Morgan fingerprint density at radius 3 is 2.67 bits per heavy atom. The average Bonchev–Trinajstić information content (AvgIpc) is 2.67. The molecule has 0 radical (unpaired) electrons. The molecule has 0 saturated carbocycles. The van der Waals surface area contributed by atoms with Crippen LogP contribution in [0.4, 0.5) is 5.69 Å². The Labute approximate surface area is 161 Å². The molecule has 27 heavy (non-hydrogen) atoms. The van der Waals surface area contributed by atoms with Gasteiger partial charge >= 0.3 is 0 Å². The van der Waals surface area contributed by atoms with Crippen LogP contribution in [-0.4, -0.2) is 64.7 Å². The molecule has 0 aromatic heterocycles. The lowest BCUT2D eigenvalue weighted by atomic mass is 10.0. The number of morpholine rings is 1. The number of amides is 1. The number of ether oxygens (including phenoxy) is 1. The molecule has 0 aliphatic carbocycles. The molecule has 1 aromatic rings. The van der Waals surface area contributed by atoms with Crippen molar-refractivity contribution in [3.8, 4) is 0 Å². The van der Waals surface area contributed by atoms with Crippen molar-refractivity contribution in [2.75, 3.05) is 44.3 Å². The maximum absolute atomic E-state index is 12.9. The molecular weight excluding hydrogens is 366 g/mol. The fourth-order valence-corrected chi connectivity index (χ4v) is 5.06. The van der Waals surface area contributed by atoms with Crippen molar-refractivity contribution in [1.29, 1.82) is 0 Å². The zero-order valence-electron chi connectivity index (χ0n) is 16.1. The Morgan fingerprint density at radius 1 is 1.26 bits per heavy atom. The summed E-state index contributed by atoms with van der Waals surface area (Å²) in [6.07, 6.45) is 2.35. The number of aryl methyl sites for hydroxylation is 1. The number of fused-ring (bicyclic) bond motifs is 1. The van der Waals surface area contributed by atoms with E-state index < -0.39 is 10.0 Å². The highest BCUT2D eigenvalue weighted by atomic mass is 32.2. The highest BCUT2D eigenvalue weighted by molar-refractivity contribution is 7.89. The zero-order chi connectivity index (χ0) is 19.4. The van der Waals surface area contributed by atoms with E-state index in [0.29, 0.717) is 26.3 Å². The number of benzene rings is 1. The SMILES string of the molecule is CC[C@H](CN1CCOCC1)NS(=O)(=O)c1ccc2c(c1)CCCN2C(C)=O. The molecule has 1 aromatic carbocycles. The van der Waals surface area contributed by atoms with Gasteiger partial charge in [-0.05, 0) is 43.0 Å². The molecule has 0 unspecified atom stereocenters. The van der Waals surface area contributed by atoms with Crippen LogP contribution in [0.15, 0.2) is 23.1 Å². The summed E-state index contributed by atoms with van der Waals surface area (Å²) in [7, 11) is -3.60. The van der Waals surface area contributed by atoms with Crippen LogP contribution in [0.5, 0.6) is 0 Å². The Balaban J connectivity index is 1.74. The molecule has 2 aliphatic rings. The van der Waals surface area contributed by atoms with Crippen molar-refractivity contribution in [2.45, 2.75) is 44.0 Å². The maximum atomic E-state index is 12.9. The van der Waals surface area contributed by atoms with Gasteiger partial charge in [-0.1, -0.05) is 6.92 Å². The molecule has 2 heterocycles. The van der Waals surface area contributed by atoms with Crippen molar-refractivity contribution in [3.63, 3.8) is 0 Å². The van der Waals surface area contributed by atoms with E-state index in [2.05, 4.69) is 9.62 Å². The van der Waals surface area contributed by atoms with E-state index in [4.69, 9.17) is 4.74 Å². The first-order chi connectivity index (χ1) is 12.9. The van der Waals surface area contributed by atoms with Gasteiger partial charge in [-0.25, -0.2) is 13.1 Å². The van der Waals surface area contributed by atoms with Crippen LogP contribution in [-0.2, 0) is 26.0 Å². The smallest absolute Gasteiger partial charge is 0.240 e. The highest BCUT2D eigenvalue weighted by Crippen LogP contribution is 2.29. The topological polar surface area (TPSA) is 79.0 Å². The normalized spacial score (nSPS) is 19.6. The Morgan fingerprint density at radius 2 is 2.00 bits per heavy atom. The fraction of sp³-hybridized carbons (Fsp3) is 0.632. The number of nitrogens with one attached hydrogen (secondary N) is 1. The number of nitrogens with zero attached hydrogens (tertiary/aromatic N) is 2. The molecule has 1 saturated heterocycles. The van der Waals surface area contributed by atoms with Crippen molar-refractivity contribution < 1.29 is 17.9 Å². The van der Waals surface area contributed by atoms with E-state index in [9.17, 15) is 13.2 Å². The van der Waals surface area contributed by atoms with Crippen molar-refractivity contribution in [1.82, 2.24) is 9.62 Å². The molecule has 1 amide bonds. The third-order valence-corrected chi connectivity index (χ3v) is 6.78. The molecule has 1 atom stereocenters. The number of sulfonamides is 1. The van der Waals surface area contributed by atoms with E-state index in [0.717, 1.165) is 43.6 Å². The molecule has 1 N–H and O–H groups in total. The van der Waals surface area contributed by atoms with Gasteiger partial charge in [0.25, 0.3) is 0 Å². The van der Waals surface area contributed by atoms with Crippen LogP contribution in [0.3, 0.4) is 0 Å². The van der Waals surface area contributed by atoms with Crippen LogP contribution in [0.1, 0.15) is 32.3 Å². The molecule has 2 aliphatic heterocycles. The van der Waals surface area contributed by atoms with Crippen LogP contribution >= 0.6 is 0 Å². The number of rotatable bonds is 6. The monoisotopic (exact) mass is 395 g/mol. The van der Waals surface area contributed by atoms with Gasteiger partial charge in [-0.3, -0.25) is 9.69 Å². The lowest BCUT2D eigenvalue weighted by Gasteiger charge is -2.31. The van der Waals surface area contributed by atoms with Crippen LogP contribution in [0, 0.1) is 0 Å². The molecule has 7 nitrogen and oxygen atoms in total. The highest BCUT2D eigenvalue weighted by Gasteiger charge is 2.25. The minimum atomic E-state index is -3.60. The molecule has 3 rings (SSSR count). The first kappa shape index (κ1) is 20.3. The second kappa shape index (κ2) is 8.68. The summed E-state index contributed by atoms with van der Waals surface area (Å²) >= 11 is 0. The predicted octanol–water partition coefficient (Wildman–Crippen LogP) is 1.37. The molecule has 150 valence electrons. The number of hydrogen-bond donors (Lipinski definition) is 1. The number of anilines is 1. The van der Waals surface area contributed by atoms with Gasteiger partial charge < -0.3 is 9.64 Å². The van der Waals surface area contributed by atoms with Gasteiger partial charge in [0, 0.05) is 44.8 Å². The van der Waals surface area contributed by atoms with Crippen molar-refractivity contribution in [3.05, 3.63) is 23.8 Å². The summed E-state index contributed by atoms with van der Waals surface area (Å²) in [4.78, 5) is 16.0. The fourth-order valence-electron chi connectivity index (χ4n) is 3.70. The Hall–Kier alpha value is -1.48. The Bertz CT molecular complexity index is 775. The Kier molecular flexibility index (Phi) is 6.52. The molecule has 8 heteroatoms. The third-order valence-electron chi connectivity index (χ3n) is 5.26. The summed E-state index contributed by atoms with van der Waals surface area (Å²) in [5.41, 5.74) is 1.74. The van der Waals surface area contributed by atoms with E-state index in [1.54, 1.807) is 30.0 Å². The number of carbonyl (C=O) groups is 1. The zero-order valence-corrected chi connectivity index (χ0v) is 16.9. The van der Waals surface area contributed by atoms with Crippen molar-refractivity contribution >= 4 is 21.6 Å². The summed E-state index contributed by atoms with van der Waals surface area (Å²) in [6, 6.07) is 4.93. The van der Waals surface area contributed by atoms with Gasteiger partial charge in [-0.15, -0.1) is 0 Å². The summed E-state index contributed by atoms with van der Waals surface area (Å²) in [5, 5.41) is 0. The first-order valence-electron chi connectivity index (χ1n) is 9.64. The van der Waals surface area contributed by atoms with E-state index in [-0.39, 0.29) is 16.8 Å². The second-order valence-electron chi connectivity index (χ2n) is 7.20. The lowest BCUT2D eigenvalue weighted by molar-refractivity contribution is -0.116. The predicted molar refractivity (Wildman–Crippen MR) is 104 cm³/mol. The molecule has 0 spiro atoms. The van der Waals surface area contributed by atoms with E-state index >= 15 is 0 Å². The molecule has 1 fully saturated rings. The van der Waals surface area contributed by atoms with Gasteiger partial charge in [0.15, 0.2) is 0 Å². The van der Waals surface area contributed by atoms with Crippen LogP contribution in [0.25, 0.3) is 0 Å². The lowest BCUT2D eigenvalue weighted by Crippen LogP contribution is -2.47. The van der Waals surface area contributed by atoms with Gasteiger partial charge in [0.1, 0.15) is 0 Å². The number of hydrogen-bond acceptors (Lipinski definition) is 5. The van der Waals surface area contributed by atoms with Crippen molar-refractivity contribution in [2.24, 2.45) is 0 Å². The first-order valence-corrected chi connectivity index (χ1v) is 11.1. The standard InChI is InChI=1S/C19H29N3O4S/c1-3-17(14-21-9-11-26-12-10-21)20-27(24,25)18-6-7-19-16(13-18)5-4-8-22(19)15(2)23/h6-7,13,17,20H,3-5,8-12,14H2,1-2H3/t17-/m1/s1. The summed E-state index contributed by atoms with van der Waals surface area (Å²) in [6.45, 7) is 7.95. The number of carbonyl (C=O) groups excluding carboxylic acids is 1. The molecule has 0 bridgehead atoms. The van der Waals surface area contributed by atoms with Crippen LogP contribution in [0.2, 0.25) is 0 Å². The summed E-state index contributed by atoms with van der Waals surface area (Å²) in [5.74, 6) is -0.0127. The van der Waals surface area contributed by atoms with E-state index in [1.165, 1.54) is 0 Å². The average molecular weight is 396 g/mol. The molecular formula is C19H29N3O4S.